The van der Waals surface area contributed by atoms with Crippen molar-refractivity contribution in [2.24, 2.45) is 0 Å². The van der Waals surface area contributed by atoms with E-state index in [2.05, 4.69) is 15.5 Å². The first kappa shape index (κ1) is 13.5. The zero-order valence-corrected chi connectivity index (χ0v) is 12.2. The molecule has 2 heterocycles. The Morgan fingerprint density at radius 1 is 1.29 bits per heavy atom. The van der Waals surface area contributed by atoms with Crippen molar-refractivity contribution in [2.45, 2.75) is 13.5 Å². The third-order valence-electron chi connectivity index (χ3n) is 2.92. The standard InChI is InChI=1S/C15H13N3O2S/c1-10-17-15(20-18-10)12-6-4-11(5-7-12)14(19)16-9-13-3-2-8-21-13/h2-8H,9H2,1H3,(H,16,19). The van der Waals surface area contributed by atoms with Crippen LogP contribution in [-0.2, 0) is 6.54 Å². The summed E-state index contributed by atoms with van der Waals surface area (Å²) in [6.45, 7) is 2.31. The summed E-state index contributed by atoms with van der Waals surface area (Å²) in [5, 5.41) is 8.62. The van der Waals surface area contributed by atoms with Crippen molar-refractivity contribution in [2.75, 3.05) is 0 Å². The van der Waals surface area contributed by atoms with Crippen LogP contribution in [-0.4, -0.2) is 16.0 Å². The monoisotopic (exact) mass is 299 g/mol. The van der Waals surface area contributed by atoms with Gasteiger partial charge < -0.3 is 9.84 Å². The molecule has 0 fully saturated rings. The Morgan fingerprint density at radius 3 is 2.71 bits per heavy atom. The van der Waals surface area contributed by atoms with Crippen LogP contribution >= 0.6 is 11.3 Å². The van der Waals surface area contributed by atoms with Crippen molar-refractivity contribution in [3.63, 3.8) is 0 Å². The summed E-state index contributed by atoms with van der Waals surface area (Å²) in [6.07, 6.45) is 0. The molecular formula is C15H13N3O2S. The summed E-state index contributed by atoms with van der Waals surface area (Å²) < 4.78 is 5.09. The third kappa shape index (κ3) is 3.17. The quantitative estimate of drug-likeness (QED) is 0.804. The fraction of sp³-hybridized carbons (Fsp3) is 0.133. The number of benzene rings is 1. The predicted molar refractivity (Wildman–Crippen MR) is 80.0 cm³/mol. The van der Waals surface area contributed by atoms with Gasteiger partial charge in [-0.15, -0.1) is 11.3 Å². The smallest absolute Gasteiger partial charge is 0.257 e. The average molecular weight is 299 g/mol. The number of nitrogens with zero attached hydrogens (tertiary/aromatic N) is 2. The molecule has 5 nitrogen and oxygen atoms in total. The number of hydrogen-bond acceptors (Lipinski definition) is 5. The number of aryl methyl sites for hydroxylation is 1. The average Bonchev–Trinajstić information content (AvgIpc) is 3.16. The molecule has 0 aliphatic rings. The topological polar surface area (TPSA) is 68.0 Å². The summed E-state index contributed by atoms with van der Waals surface area (Å²) in [6, 6.07) is 11.1. The van der Waals surface area contributed by atoms with E-state index in [0.29, 0.717) is 23.8 Å². The molecule has 6 heteroatoms. The van der Waals surface area contributed by atoms with Crippen LogP contribution in [0.5, 0.6) is 0 Å². The molecule has 0 unspecified atom stereocenters. The Bertz CT molecular complexity index is 733. The van der Waals surface area contributed by atoms with Crippen LogP contribution in [0.15, 0.2) is 46.3 Å². The van der Waals surface area contributed by atoms with E-state index in [9.17, 15) is 4.79 Å². The van der Waals surface area contributed by atoms with Gasteiger partial charge in [-0.2, -0.15) is 4.98 Å². The second kappa shape index (κ2) is 5.88. The molecular weight excluding hydrogens is 286 g/mol. The van der Waals surface area contributed by atoms with E-state index in [1.54, 1.807) is 42.5 Å². The Morgan fingerprint density at radius 2 is 2.10 bits per heavy atom. The number of nitrogens with one attached hydrogen (secondary N) is 1. The summed E-state index contributed by atoms with van der Waals surface area (Å²) in [5.41, 5.74) is 1.40. The van der Waals surface area contributed by atoms with E-state index in [4.69, 9.17) is 4.52 Å². The van der Waals surface area contributed by atoms with Crippen LogP contribution in [0.4, 0.5) is 0 Å². The number of amides is 1. The lowest BCUT2D eigenvalue weighted by Crippen LogP contribution is -2.22. The SMILES string of the molecule is Cc1noc(-c2ccc(C(=O)NCc3cccs3)cc2)n1. The number of rotatable bonds is 4. The van der Waals surface area contributed by atoms with E-state index in [1.165, 1.54) is 0 Å². The molecule has 1 amide bonds. The molecule has 106 valence electrons. The number of carbonyl (C=O) groups excluding carboxylic acids is 1. The van der Waals surface area contributed by atoms with Gasteiger partial charge in [-0.3, -0.25) is 4.79 Å². The van der Waals surface area contributed by atoms with Crippen LogP contribution < -0.4 is 5.32 Å². The Balaban J connectivity index is 1.67. The van der Waals surface area contributed by atoms with E-state index >= 15 is 0 Å². The molecule has 0 saturated heterocycles. The molecule has 0 aliphatic heterocycles. The van der Waals surface area contributed by atoms with Crippen LogP contribution in [0.1, 0.15) is 21.1 Å². The van der Waals surface area contributed by atoms with Gasteiger partial charge in [-0.05, 0) is 42.6 Å². The molecule has 1 N–H and O–H groups in total. The van der Waals surface area contributed by atoms with Crippen molar-refractivity contribution in [3.8, 4) is 11.5 Å². The second-order valence-electron chi connectivity index (χ2n) is 4.49. The zero-order valence-electron chi connectivity index (χ0n) is 11.4. The van der Waals surface area contributed by atoms with Gasteiger partial charge in [0.25, 0.3) is 11.8 Å². The first-order valence-corrected chi connectivity index (χ1v) is 7.31. The lowest BCUT2D eigenvalue weighted by Gasteiger charge is -2.04. The normalized spacial score (nSPS) is 10.5. The molecule has 1 aromatic carbocycles. The summed E-state index contributed by atoms with van der Waals surface area (Å²) >= 11 is 1.62. The highest BCUT2D eigenvalue weighted by atomic mass is 32.1. The maximum atomic E-state index is 12.0. The van der Waals surface area contributed by atoms with E-state index in [-0.39, 0.29) is 5.91 Å². The first-order valence-electron chi connectivity index (χ1n) is 6.44. The largest absolute Gasteiger partial charge is 0.347 e. The first-order chi connectivity index (χ1) is 10.2. The number of hydrogen-bond donors (Lipinski definition) is 1. The molecule has 0 bridgehead atoms. The predicted octanol–water partition coefficient (Wildman–Crippen LogP) is 3.04. The maximum absolute atomic E-state index is 12.0. The molecule has 0 atom stereocenters. The molecule has 2 aromatic heterocycles. The second-order valence-corrected chi connectivity index (χ2v) is 5.52. The maximum Gasteiger partial charge on any atom is 0.257 e. The highest BCUT2D eigenvalue weighted by Crippen LogP contribution is 2.17. The van der Waals surface area contributed by atoms with Crippen molar-refractivity contribution < 1.29 is 9.32 Å². The van der Waals surface area contributed by atoms with Gasteiger partial charge in [0.1, 0.15) is 0 Å². The molecule has 0 saturated carbocycles. The van der Waals surface area contributed by atoms with Crippen molar-refractivity contribution in [1.29, 1.82) is 0 Å². The van der Waals surface area contributed by atoms with Crippen LogP contribution in [0.3, 0.4) is 0 Å². The number of aromatic nitrogens is 2. The van der Waals surface area contributed by atoms with Crippen LogP contribution in [0.25, 0.3) is 11.5 Å². The minimum absolute atomic E-state index is 0.100. The molecule has 0 radical (unpaired) electrons. The van der Waals surface area contributed by atoms with Gasteiger partial charge in [0.15, 0.2) is 5.82 Å². The summed E-state index contributed by atoms with van der Waals surface area (Å²) in [4.78, 5) is 17.3. The lowest BCUT2D eigenvalue weighted by molar-refractivity contribution is 0.0951. The summed E-state index contributed by atoms with van der Waals surface area (Å²) in [5.74, 6) is 0.942. The van der Waals surface area contributed by atoms with Gasteiger partial charge in [0, 0.05) is 16.0 Å². The number of thiophene rings is 1. The van der Waals surface area contributed by atoms with Gasteiger partial charge in [0.2, 0.25) is 0 Å². The van der Waals surface area contributed by atoms with Crippen molar-refractivity contribution in [1.82, 2.24) is 15.5 Å². The number of carbonyl (C=O) groups is 1. The Kier molecular flexibility index (Phi) is 3.79. The minimum atomic E-state index is -0.100. The zero-order chi connectivity index (χ0) is 14.7. The van der Waals surface area contributed by atoms with Crippen LogP contribution in [0.2, 0.25) is 0 Å². The molecule has 3 aromatic rings. The van der Waals surface area contributed by atoms with Gasteiger partial charge in [0.05, 0.1) is 6.54 Å². The van der Waals surface area contributed by atoms with E-state index in [1.807, 2.05) is 17.5 Å². The minimum Gasteiger partial charge on any atom is -0.347 e. The summed E-state index contributed by atoms with van der Waals surface area (Å²) in [7, 11) is 0. The lowest BCUT2D eigenvalue weighted by atomic mass is 10.1. The highest BCUT2D eigenvalue weighted by Gasteiger charge is 2.09. The van der Waals surface area contributed by atoms with E-state index < -0.39 is 0 Å². The highest BCUT2D eigenvalue weighted by molar-refractivity contribution is 7.09. The van der Waals surface area contributed by atoms with Crippen molar-refractivity contribution in [3.05, 3.63) is 58.0 Å². The van der Waals surface area contributed by atoms with Gasteiger partial charge in [-0.1, -0.05) is 11.2 Å². The Hall–Kier alpha value is -2.47. The van der Waals surface area contributed by atoms with Gasteiger partial charge >= 0.3 is 0 Å². The van der Waals surface area contributed by atoms with Crippen molar-refractivity contribution >= 4 is 17.2 Å². The third-order valence-corrected chi connectivity index (χ3v) is 3.80. The molecule has 0 aliphatic carbocycles. The molecule has 0 spiro atoms. The fourth-order valence-electron chi connectivity index (χ4n) is 1.86. The fourth-order valence-corrected chi connectivity index (χ4v) is 2.51. The molecule has 3 rings (SSSR count). The van der Waals surface area contributed by atoms with Gasteiger partial charge in [-0.25, -0.2) is 0 Å². The van der Waals surface area contributed by atoms with E-state index in [0.717, 1.165) is 10.4 Å². The Labute approximate surface area is 125 Å². The molecule has 21 heavy (non-hydrogen) atoms. The van der Waals surface area contributed by atoms with Crippen LogP contribution in [0, 0.1) is 6.92 Å².